The number of hydrogen-bond donors (Lipinski definition) is 0. The summed E-state index contributed by atoms with van der Waals surface area (Å²) in [6.07, 6.45) is -2.69. The topological polar surface area (TPSA) is 128 Å². The Morgan fingerprint density at radius 1 is 0.333 bits per heavy atom. The maximum atomic E-state index is 11.8. The van der Waals surface area contributed by atoms with Gasteiger partial charge in [-0.3, -0.25) is 4.79 Å². The minimum Gasteiger partial charge on any atom is -0.469 e. The predicted octanol–water partition coefficient (Wildman–Crippen LogP) is 13.1. The van der Waals surface area contributed by atoms with Crippen LogP contribution in [0.4, 0.5) is 0 Å². The number of carbonyl (C=O) groups excluding carboxylic acids is 1. The zero-order valence-electron chi connectivity index (χ0n) is 48.3. The molecule has 13 nitrogen and oxygen atoms in total. The van der Waals surface area contributed by atoms with Gasteiger partial charge < -0.3 is 56.8 Å². The standard InChI is InChI=1S/C71H82O13/c1-73-63(72)43-27-4-2-3-5-28-44-76-70-69(67(80-50-59-39-23-11-24-40-59)65(78-48-57-35-19-9-20-36-57)61(82-70)52-74-45-54-29-13-6-14-30-54)84-71-68(81-51-60-41-25-12-26-42-60)66(79-49-58-37-21-10-22-38-58)64(77-47-56-33-17-8-18-34-56)62(83-71)53-75-46-55-31-15-7-16-32-55/h6-26,29-42,61-62,64-71H,2-5,27-28,43-53H2,1H3/t61-,62-,64-,65-,66+,67+,68+,69+,70+,71+/m1/s1. The second-order valence-electron chi connectivity index (χ2n) is 21.3. The number of ether oxygens (including phenoxy) is 12. The lowest BCUT2D eigenvalue weighted by Gasteiger charge is -2.50. The van der Waals surface area contributed by atoms with E-state index < -0.39 is 61.4 Å². The molecule has 84 heavy (non-hydrogen) atoms. The summed E-state index contributed by atoms with van der Waals surface area (Å²) < 4.78 is 82.8. The van der Waals surface area contributed by atoms with Gasteiger partial charge in [0, 0.05) is 13.0 Å². The van der Waals surface area contributed by atoms with Crippen LogP contribution in [0.1, 0.15) is 83.9 Å². The summed E-state index contributed by atoms with van der Waals surface area (Å²) >= 11 is 0. The lowest BCUT2D eigenvalue weighted by atomic mass is 9.96. The lowest BCUT2D eigenvalue weighted by Crippen LogP contribution is -2.66. The highest BCUT2D eigenvalue weighted by Gasteiger charge is 2.55. The van der Waals surface area contributed by atoms with E-state index in [1.54, 1.807) is 0 Å². The first-order valence-corrected chi connectivity index (χ1v) is 29.7. The minimum absolute atomic E-state index is 0.131. The molecule has 0 aliphatic carbocycles. The van der Waals surface area contributed by atoms with E-state index >= 15 is 0 Å². The van der Waals surface area contributed by atoms with Gasteiger partial charge >= 0.3 is 5.97 Å². The van der Waals surface area contributed by atoms with Gasteiger partial charge in [0.25, 0.3) is 0 Å². The van der Waals surface area contributed by atoms with Crippen LogP contribution in [-0.2, 0) is 108 Å². The molecule has 2 fully saturated rings. The molecule has 10 atom stereocenters. The monoisotopic (exact) mass is 1140 g/mol. The Kier molecular flexibility index (Phi) is 26.0. The number of carbonyl (C=O) groups is 1. The Morgan fingerprint density at radius 2 is 0.643 bits per heavy atom. The van der Waals surface area contributed by atoms with E-state index in [1.165, 1.54) is 7.11 Å². The Labute approximate surface area is 496 Å². The molecule has 2 aliphatic heterocycles. The van der Waals surface area contributed by atoms with Gasteiger partial charge in [-0.1, -0.05) is 238 Å². The highest BCUT2D eigenvalue weighted by atomic mass is 16.8. The Morgan fingerprint density at radius 3 is 1.02 bits per heavy atom. The van der Waals surface area contributed by atoms with Crippen LogP contribution >= 0.6 is 0 Å². The summed E-state index contributed by atoms with van der Waals surface area (Å²) in [4.78, 5) is 11.8. The smallest absolute Gasteiger partial charge is 0.305 e. The van der Waals surface area contributed by atoms with Crippen molar-refractivity contribution in [3.8, 4) is 0 Å². The molecular weight excluding hydrogens is 1060 g/mol. The molecule has 444 valence electrons. The molecule has 0 saturated carbocycles. The third-order valence-electron chi connectivity index (χ3n) is 15.0. The molecular formula is C71H82O13. The Hall–Kier alpha value is -6.43. The van der Waals surface area contributed by atoms with E-state index in [9.17, 15) is 4.79 Å². The average molecular weight is 1140 g/mol. The summed E-state index contributed by atoms with van der Waals surface area (Å²) in [6, 6.07) is 70.5. The number of benzene rings is 7. The fourth-order valence-electron chi connectivity index (χ4n) is 10.5. The van der Waals surface area contributed by atoms with E-state index in [0.717, 1.165) is 77.5 Å². The van der Waals surface area contributed by atoms with Crippen molar-refractivity contribution in [2.75, 3.05) is 26.9 Å². The number of esters is 1. The zero-order valence-corrected chi connectivity index (χ0v) is 48.3. The number of unbranched alkanes of at least 4 members (excludes halogenated alkanes) is 5. The molecule has 2 aliphatic rings. The van der Waals surface area contributed by atoms with Crippen molar-refractivity contribution in [1.82, 2.24) is 0 Å². The quantitative estimate of drug-likeness (QED) is 0.0276. The number of methoxy groups -OCH3 is 1. The van der Waals surface area contributed by atoms with Crippen molar-refractivity contribution in [2.24, 2.45) is 0 Å². The SMILES string of the molecule is COC(=O)CCCCCCCCO[C@H]1O[C@H](COCc2ccccc2)[C@@H](OCc2ccccc2)[C@H](OCc2ccccc2)[C@@H]1O[C@@H]1O[C@H](COCc2ccccc2)[C@@H](OCc2ccccc2)[C@H](OCc2ccccc2)[C@@H]1OCc1ccccc1. The van der Waals surface area contributed by atoms with Gasteiger partial charge in [0.05, 0.1) is 66.6 Å². The van der Waals surface area contributed by atoms with Crippen molar-refractivity contribution < 1.29 is 61.6 Å². The molecule has 0 radical (unpaired) electrons. The molecule has 0 aromatic heterocycles. The van der Waals surface area contributed by atoms with Gasteiger partial charge in [0.2, 0.25) is 0 Å². The van der Waals surface area contributed by atoms with E-state index in [2.05, 4.69) is 0 Å². The molecule has 0 N–H and O–H groups in total. The van der Waals surface area contributed by atoms with Crippen LogP contribution in [0, 0.1) is 0 Å². The summed E-state index contributed by atoms with van der Waals surface area (Å²) in [7, 11) is 1.43. The van der Waals surface area contributed by atoms with Gasteiger partial charge in [-0.25, -0.2) is 0 Å². The molecule has 0 unspecified atom stereocenters. The van der Waals surface area contributed by atoms with Crippen LogP contribution < -0.4 is 0 Å². The predicted molar refractivity (Wildman–Crippen MR) is 320 cm³/mol. The second kappa shape index (κ2) is 35.1. The lowest BCUT2D eigenvalue weighted by molar-refractivity contribution is -0.383. The molecule has 0 amide bonds. The van der Waals surface area contributed by atoms with Gasteiger partial charge in [-0.15, -0.1) is 0 Å². The number of hydrogen-bond acceptors (Lipinski definition) is 13. The molecule has 13 heteroatoms. The maximum absolute atomic E-state index is 11.8. The fourth-order valence-corrected chi connectivity index (χ4v) is 10.5. The summed E-state index contributed by atoms with van der Waals surface area (Å²) in [5.41, 5.74) is 6.91. The van der Waals surface area contributed by atoms with Gasteiger partial charge in [-0.05, 0) is 51.8 Å². The van der Waals surface area contributed by atoms with Crippen LogP contribution in [0.2, 0.25) is 0 Å². The highest BCUT2D eigenvalue weighted by Crippen LogP contribution is 2.37. The van der Waals surface area contributed by atoms with E-state index in [-0.39, 0.29) is 52.2 Å². The first-order valence-electron chi connectivity index (χ1n) is 29.7. The summed E-state index contributed by atoms with van der Waals surface area (Å²) in [5.74, 6) is -0.179. The van der Waals surface area contributed by atoms with E-state index in [1.807, 2.05) is 212 Å². The molecule has 7 aromatic rings. The fraction of sp³-hybridized carbons (Fsp3) is 0.394. The van der Waals surface area contributed by atoms with Crippen molar-refractivity contribution >= 4 is 5.97 Å². The third kappa shape index (κ3) is 20.1. The highest BCUT2D eigenvalue weighted by molar-refractivity contribution is 5.69. The minimum atomic E-state index is -1.13. The Bertz CT molecular complexity index is 2840. The molecule has 0 spiro atoms. The van der Waals surface area contributed by atoms with Gasteiger partial charge in [0.1, 0.15) is 48.8 Å². The largest absolute Gasteiger partial charge is 0.469 e. The molecule has 0 bridgehead atoms. The molecule has 7 aromatic carbocycles. The van der Waals surface area contributed by atoms with Crippen LogP contribution in [-0.4, -0.2) is 94.3 Å². The van der Waals surface area contributed by atoms with Gasteiger partial charge in [-0.2, -0.15) is 0 Å². The first-order chi connectivity index (χ1) is 41.6. The summed E-state index contributed by atoms with van der Waals surface area (Å²) in [5, 5.41) is 0. The first kappa shape index (κ1) is 62.1. The second-order valence-corrected chi connectivity index (χ2v) is 21.3. The van der Waals surface area contributed by atoms with E-state index in [4.69, 9.17) is 56.8 Å². The van der Waals surface area contributed by atoms with Crippen molar-refractivity contribution in [2.45, 2.75) is 153 Å². The summed E-state index contributed by atoms with van der Waals surface area (Å²) in [6.45, 7) is 2.56. The van der Waals surface area contributed by atoms with Crippen LogP contribution in [0.5, 0.6) is 0 Å². The number of rotatable bonds is 35. The molecule has 2 saturated heterocycles. The van der Waals surface area contributed by atoms with Crippen molar-refractivity contribution in [3.05, 3.63) is 251 Å². The van der Waals surface area contributed by atoms with Crippen molar-refractivity contribution in [3.63, 3.8) is 0 Å². The Balaban J connectivity index is 1.09. The molecule has 2 heterocycles. The van der Waals surface area contributed by atoms with Crippen LogP contribution in [0.15, 0.2) is 212 Å². The maximum Gasteiger partial charge on any atom is 0.305 e. The average Bonchev–Trinajstić information content (AvgIpc) is 3.51. The normalized spacial score (nSPS) is 22.3. The van der Waals surface area contributed by atoms with Gasteiger partial charge in [0.15, 0.2) is 12.6 Å². The van der Waals surface area contributed by atoms with Crippen LogP contribution in [0.3, 0.4) is 0 Å². The van der Waals surface area contributed by atoms with Crippen molar-refractivity contribution in [1.29, 1.82) is 0 Å². The molecule has 9 rings (SSSR count). The zero-order chi connectivity index (χ0) is 57.6. The van der Waals surface area contributed by atoms with E-state index in [0.29, 0.717) is 26.2 Å². The van der Waals surface area contributed by atoms with Crippen LogP contribution in [0.25, 0.3) is 0 Å². The third-order valence-corrected chi connectivity index (χ3v) is 15.0.